The maximum absolute atomic E-state index is 11.6. The summed E-state index contributed by atoms with van der Waals surface area (Å²) in [4.78, 5) is 0. The summed E-state index contributed by atoms with van der Waals surface area (Å²) in [5, 5.41) is 0. The topological polar surface area (TPSA) is 35.5 Å². The lowest BCUT2D eigenvalue weighted by Gasteiger charge is -2.08. The van der Waals surface area contributed by atoms with Gasteiger partial charge in [0, 0.05) is 0 Å². The van der Waals surface area contributed by atoms with Crippen molar-refractivity contribution >= 4 is 11.4 Å². The molecule has 2 atom stereocenters. The van der Waals surface area contributed by atoms with Gasteiger partial charge >= 0.3 is 17.5 Å². The van der Waals surface area contributed by atoms with Crippen LogP contribution >= 0.6 is 0 Å². The maximum atomic E-state index is 11.6. The molecule has 1 aliphatic rings. The van der Waals surface area contributed by atoms with Crippen molar-refractivity contribution in [3.8, 4) is 0 Å². The smallest absolute Gasteiger partial charge is 0.265 e. The minimum absolute atomic E-state index is 0.684. The van der Waals surface area contributed by atoms with E-state index in [1.54, 1.807) is 0 Å². The standard InChI is InChI=1S/C3H3F3O3S/c4-3(5,6)2-1-8-10(7)9-2/h2H,1H2. The molecule has 0 aromatic heterocycles. The van der Waals surface area contributed by atoms with Gasteiger partial charge in [0.1, 0.15) is 6.61 Å². The highest BCUT2D eigenvalue weighted by molar-refractivity contribution is 7.75. The van der Waals surface area contributed by atoms with Crippen LogP contribution in [0.1, 0.15) is 0 Å². The molecule has 1 heterocycles. The second-order valence-corrected chi connectivity index (χ2v) is 2.45. The molecule has 1 fully saturated rings. The van der Waals surface area contributed by atoms with E-state index in [1.807, 2.05) is 0 Å². The Hall–Kier alpha value is -0.140. The molecule has 3 nitrogen and oxygen atoms in total. The van der Waals surface area contributed by atoms with Gasteiger partial charge in [0.15, 0.2) is 6.10 Å². The van der Waals surface area contributed by atoms with Gasteiger partial charge in [0.05, 0.1) is 0 Å². The zero-order valence-electron chi connectivity index (χ0n) is 4.55. The molecule has 0 amide bonds. The van der Waals surface area contributed by atoms with Crippen LogP contribution in [0.15, 0.2) is 0 Å². The molecule has 0 saturated carbocycles. The molecule has 7 heteroatoms. The largest absolute Gasteiger partial charge is 0.418 e. The minimum Gasteiger partial charge on any atom is -0.265 e. The van der Waals surface area contributed by atoms with E-state index in [9.17, 15) is 17.4 Å². The fourth-order valence-electron chi connectivity index (χ4n) is 0.417. The lowest BCUT2D eigenvalue weighted by molar-refractivity contribution is -0.189. The summed E-state index contributed by atoms with van der Waals surface area (Å²) in [6.45, 7) is -0.684. The molecule has 1 saturated heterocycles. The number of rotatable bonds is 0. The fourth-order valence-corrected chi connectivity index (χ4v) is 1.06. The molecule has 1 rings (SSSR count). The first kappa shape index (κ1) is 7.96. The van der Waals surface area contributed by atoms with Gasteiger partial charge in [-0.05, 0) is 0 Å². The molecule has 2 unspecified atom stereocenters. The first-order valence-corrected chi connectivity index (χ1v) is 3.29. The summed E-state index contributed by atoms with van der Waals surface area (Å²) in [5.41, 5.74) is 0. The molecule has 0 spiro atoms. The predicted octanol–water partition coefficient (Wildman–Crippen LogP) is 0.543. The molecule has 0 bridgehead atoms. The number of halogens is 3. The average Bonchev–Trinajstić information content (AvgIpc) is 2.11. The van der Waals surface area contributed by atoms with Crippen molar-refractivity contribution in [1.29, 1.82) is 0 Å². The normalized spacial score (nSPS) is 34.7. The van der Waals surface area contributed by atoms with Gasteiger partial charge in [-0.15, -0.1) is 0 Å². The van der Waals surface area contributed by atoms with E-state index in [2.05, 4.69) is 8.37 Å². The van der Waals surface area contributed by atoms with Gasteiger partial charge < -0.3 is 0 Å². The summed E-state index contributed by atoms with van der Waals surface area (Å²) in [6.07, 6.45) is -6.51. The molecule has 0 aromatic carbocycles. The third-order valence-electron chi connectivity index (χ3n) is 0.875. The van der Waals surface area contributed by atoms with Gasteiger partial charge in [0.2, 0.25) is 0 Å². The molecule has 60 valence electrons. The van der Waals surface area contributed by atoms with Crippen molar-refractivity contribution in [1.82, 2.24) is 0 Å². The van der Waals surface area contributed by atoms with E-state index >= 15 is 0 Å². The van der Waals surface area contributed by atoms with Gasteiger partial charge in [-0.1, -0.05) is 0 Å². The summed E-state index contributed by atoms with van der Waals surface area (Å²) >= 11 is -2.22. The van der Waals surface area contributed by atoms with Crippen LogP contribution in [0.25, 0.3) is 0 Å². The van der Waals surface area contributed by atoms with E-state index in [4.69, 9.17) is 0 Å². The van der Waals surface area contributed by atoms with Crippen LogP contribution in [0.3, 0.4) is 0 Å². The first-order valence-electron chi connectivity index (χ1n) is 2.29. The second-order valence-electron chi connectivity index (χ2n) is 1.62. The van der Waals surface area contributed by atoms with E-state index in [0.29, 0.717) is 0 Å². The predicted molar refractivity (Wildman–Crippen MR) is 25.0 cm³/mol. The van der Waals surface area contributed by atoms with Crippen LogP contribution in [0, 0.1) is 0 Å². The number of hydrogen-bond acceptors (Lipinski definition) is 3. The minimum atomic E-state index is -4.48. The highest BCUT2D eigenvalue weighted by atomic mass is 32.2. The molecule has 0 radical (unpaired) electrons. The van der Waals surface area contributed by atoms with Crippen LogP contribution in [0.4, 0.5) is 13.2 Å². The van der Waals surface area contributed by atoms with Crippen molar-refractivity contribution in [2.24, 2.45) is 0 Å². The zero-order chi connectivity index (χ0) is 7.78. The van der Waals surface area contributed by atoms with Crippen LogP contribution in [-0.2, 0) is 19.7 Å². The van der Waals surface area contributed by atoms with Crippen molar-refractivity contribution < 1.29 is 25.7 Å². The Morgan fingerprint density at radius 2 is 2.10 bits per heavy atom. The monoisotopic (exact) mass is 176 g/mol. The number of hydrogen-bond donors (Lipinski definition) is 0. The summed E-state index contributed by atoms with van der Waals surface area (Å²) in [5.74, 6) is 0. The Balaban J connectivity index is 2.53. The van der Waals surface area contributed by atoms with Crippen LogP contribution in [-0.4, -0.2) is 23.1 Å². The Kier molecular flexibility index (Phi) is 1.97. The highest BCUT2D eigenvalue weighted by Crippen LogP contribution is 2.27. The van der Waals surface area contributed by atoms with Gasteiger partial charge in [-0.3, -0.25) is 8.37 Å². The maximum Gasteiger partial charge on any atom is 0.418 e. The zero-order valence-corrected chi connectivity index (χ0v) is 5.37. The van der Waals surface area contributed by atoms with Gasteiger partial charge in [0.25, 0.3) is 0 Å². The van der Waals surface area contributed by atoms with Gasteiger partial charge in [-0.2, -0.15) is 17.4 Å². The first-order chi connectivity index (χ1) is 4.50. The lowest BCUT2D eigenvalue weighted by Crippen LogP contribution is -2.30. The molecule has 10 heavy (non-hydrogen) atoms. The third kappa shape index (κ3) is 1.68. The fraction of sp³-hybridized carbons (Fsp3) is 1.00. The summed E-state index contributed by atoms with van der Waals surface area (Å²) < 4.78 is 52.7. The van der Waals surface area contributed by atoms with Crippen LogP contribution < -0.4 is 0 Å². The van der Waals surface area contributed by atoms with Crippen molar-refractivity contribution in [2.45, 2.75) is 12.3 Å². The molecule has 1 aliphatic heterocycles. The number of alkyl halides is 3. The highest BCUT2D eigenvalue weighted by Gasteiger charge is 2.46. The van der Waals surface area contributed by atoms with Crippen molar-refractivity contribution in [2.75, 3.05) is 6.61 Å². The van der Waals surface area contributed by atoms with E-state index in [-0.39, 0.29) is 0 Å². The lowest BCUT2D eigenvalue weighted by atomic mass is 10.4. The van der Waals surface area contributed by atoms with Crippen LogP contribution in [0.2, 0.25) is 0 Å². The van der Waals surface area contributed by atoms with Crippen molar-refractivity contribution in [3.05, 3.63) is 0 Å². The van der Waals surface area contributed by atoms with Gasteiger partial charge in [-0.25, -0.2) is 0 Å². The SMILES string of the molecule is O=S1OCC(C(F)(F)F)O1. The van der Waals surface area contributed by atoms with E-state index < -0.39 is 30.2 Å². The Labute approximate surface area is 57.0 Å². The van der Waals surface area contributed by atoms with E-state index in [0.717, 1.165) is 0 Å². The quantitative estimate of drug-likeness (QED) is 0.540. The van der Waals surface area contributed by atoms with E-state index in [1.165, 1.54) is 0 Å². The average molecular weight is 176 g/mol. The Morgan fingerprint density at radius 1 is 1.50 bits per heavy atom. The van der Waals surface area contributed by atoms with Crippen molar-refractivity contribution in [3.63, 3.8) is 0 Å². The Morgan fingerprint density at radius 3 is 2.30 bits per heavy atom. The molecule has 0 aliphatic carbocycles. The summed E-state index contributed by atoms with van der Waals surface area (Å²) in [6, 6.07) is 0. The summed E-state index contributed by atoms with van der Waals surface area (Å²) in [7, 11) is 0. The molecule has 0 aromatic rings. The second kappa shape index (κ2) is 2.48. The third-order valence-corrected chi connectivity index (χ3v) is 1.59. The molecular formula is C3H3F3O3S. The van der Waals surface area contributed by atoms with Crippen LogP contribution in [0.5, 0.6) is 0 Å². The molecular weight excluding hydrogens is 173 g/mol. The Bertz CT molecular complexity index is 156. The molecule has 0 N–H and O–H groups in total.